The summed E-state index contributed by atoms with van der Waals surface area (Å²) >= 11 is 0. The second kappa shape index (κ2) is 6.87. The highest BCUT2D eigenvalue weighted by molar-refractivity contribution is 5.52. The highest BCUT2D eigenvalue weighted by Gasteiger charge is 2.21. The second-order valence-electron chi connectivity index (χ2n) is 4.75. The molecule has 0 aromatic rings. The summed E-state index contributed by atoms with van der Waals surface area (Å²) in [6.07, 6.45) is 5.01. The Labute approximate surface area is 100 Å². The van der Waals surface area contributed by atoms with Crippen molar-refractivity contribution in [1.29, 1.82) is 0 Å². The standard InChI is InChI=1S/C14H26N2/c1-5-16(4)9-7-6-8-13(11-15-3)14-10-12(14)2/h15H,2,5-11H2,1,3-4H3/b14-13-. The molecule has 0 unspecified atom stereocenters. The summed E-state index contributed by atoms with van der Waals surface area (Å²) in [5.74, 6) is 0. The largest absolute Gasteiger partial charge is 0.316 e. The van der Waals surface area contributed by atoms with Crippen molar-refractivity contribution in [3.8, 4) is 0 Å². The first-order chi connectivity index (χ1) is 7.69. The molecule has 1 aliphatic carbocycles. The Balaban J connectivity index is 2.22. The van der Waals surface area contributed by atoms with Crippen molar-refractivity contribution in [1.82, 2.24) is 10.2 Å². The molecule has 1 rings (SSSR count). The molecule has 16 heavy (non-hydrogen) atoms. The van der Waals surface area contributed by atoms with Crippen LogP contribution >= 0.6 is 0 Å². The molecule has 0 atom stereocenters. The summed E-state index contributed by atoms with van der Waals surface area (Å²) in [5, 5.41) is 3.26. The molecule has 1 fully saturated rings. The van der Waals surface area contributed by atoms with Crippen molar-refractivity contribution in [3.63, 3.8) is 0 Å². The maximum Gasteiger partial charge on any atom is 0.0167 e. The summed E-state index contributed by atoms with van der Waals surface area (Å²) in [6, 6.07) is 0. The maximum absolute atomic E-state index is 4.03. The molecule has 0 aromatic carbocycles. The Morgan fingerprint density at radius 3 is 2.62 bits per heavy atom. The summed E-state index contributed by atoms with van der Waals surface area (Å²) in [6.45, 7) is 9.65. The smallest absolute Gasteiger partial charge is 0.0167 e. The van der Waals surface area contributed by atoms with Crippen LogP contribution in [-0.4, -0.2) is 38.6 Å². The lowest BCUT2D eigenvalue weighted by Gasteiger charge is -2.13. The van der Waals surface area contributed by atoms with Crippen LogP contribution < -0.4 is 5.32 Å². The van der Waals surface area contributed by atoms with Crippen LogP contribution in [0.2, 0.25) is 0 Å². The minimum atomic E-state index is 1.04. The fraction of sp³-hybridized carbons (Fsp3) is 0.714. The number of allylic oxidation sites excluding steroid dienone is 2. The molecule has 0 aromatic heterocycles. The molecule has 0 amide bonds. The van der Waals surface area contributed by atoms with Gasteiger partial charge in [0, 0.05) is 6.54 Å². The molecular weight excluding hydrogens is 196 g/mol. The molecule has 0 bridgehead atoms. The Morgan fingerprint density at radius 2 is 2.12 bits per heavy atom. The summed E-state index contributed by atoms with van der Waals surface area (Å²) < 4.78 is 0. The van der Waals surface area contributed by atoms with Crippen LogP contribution in [0.3, 0.4) is 0 Å². The van der Waals surface area contributed by atoms with Crippen LogP contribution in [0.15, 0.2) is 23.3 Å². The van der Waals surface area contributed by atoms with E-state index < -0.39 is 0 Å². The van der Waals surface area contributed by atoms with E-state index >= 15 is 0 Å². The van der Waals surface area contributed by atoms with Gasteiger partial charge in [0.1, 0.15) is 0 Å². The number of rotatable bonds is 8. The number of likely N-dealkylation sites (N-methyl/N-ethyl adjacent to an activating group) is 1. The van der Waals surface area contributed by atoms with Crippen molar-refractivity contribution in [2.24, 2.45) is 0 Å². The van der Waals surface area contributed by atoms with Gasteiger partial charge in [-0.25, -0.2) is 0 Å². The molecule has 2 heteroatoms. The number of nitrogens with zero attached hydrogens (tertiary/aromatic N) is 1. The summed E-state index contributed by atoms with van der Waals surface area (Å²) in [7, 11) is 4.21. The van der Waals surface area contributed by atoms with Gasteiger partial charge in [0.25, 0.3) is 0 Å². The number of unbranched alkanes of at least 4 members (excludes halogenated alkanes) is 1. The van der Waals surface area contributed by atoms with Crippen LogP contribution in [0.25, 0.3) is 0 Å². The lowest BCUT2D eigenvalue weighted by molar-refractivity contribution is 0.343. The van der Waals surface area contributed by atoms with E-state index in [2.05, 4.69) is 30.8 Å². The normalized spacial score (nSPS) is 18.1. The molecule has 0 heterocycles. The minimum Gasteiger partial charge on any atom is -0.316 e. The average molecular weight is 222 g/mol. The van der Waals surface area contributed by atoms with E-state index in [1.165, 1.54) is 37.0 Å². The number of hydrogen-bond acceptors (Lipinski definition) is 2. The summed E-state index contributed by atoms with van der Waals surface area (Å²) in [4.78, 5) is 2.38. The van der Waals surface area contributed by atoms with Gasteiger partial charge in [-0.15, -0.1) is 0 Å². The molecule has 0 aliphatic heterocycles. The third kappa shape index (κ3) is 4.50. The molecular formula is C14H26N2. The monoisotopic (exact) mass is 222 g/mol. The molecule has 92 valence electrons. The fourth-order valence-electron chi connectivity index (χ4n) is 1.98. The van der Waals surface area contributed by atoms with Gasteiger partial charge in [0.2, 0.25) is 0 Å². The van der Waals surface area contributed by atoms with Crippen molar-refractivity contribution in [2.75, 3.05) is 33.7 Å². The Bertz CT molecular complexity index is 266. The molecule has 1 N–H and O–H groups in total. The lowest BCUT2D eigenvalue weighted by Crippen LogP contribution is -2.18. The van der Waals surface area contributed by atoms with Gasteiger partial charge in [-0.1, -0.05) is 19.1 Å². The predicted molar refractivity (Wildman–Crippen MR) is 71.7 cm³/mol. The van der Waals surface area contributed by atoms with Gasteiger partial charge in [0.05, 0.1) is 0 Å². The summed E-state index contributed by atoms with van der Waals surface area (Å²) in [5.41, 5.74) is 4.49. The Kier molecular flexibility index (Phi) is 5.78. The predicted octanol–water partition coefficient (Wildman–Crippen LogP) is 2.58. The van der Waals surface area contributed by atoms with Gasteiger partial charge in [0.15, 0.2) is 0 Å². The van der Waals surface area contributed by atoms with Crippen LogP contribution in [0.5, 0.6) is 0 Å². The minimum absolute atomic E-state index is 1.04. The van der Waals surface area contributed by atoms with Crippen LogP contribution in [0, 0.1) is 0 Å². The zero-order valence-corrected chi connectivity index (χ0v) is 11.1. The Hall–Kier alpha value is -0.600. The van der Waals surface area contributed by atoms with Crippen LogP contribution in [0.1, 0.15) is 32.6 Å². The van der Waals surface area contributed by atoms with Gasteiger partial charge in [-0.05, 0) is 64.0 Å². The zero-order chi connectivity index (χ0) is 12.0. The third-order valence-electron chi connectivity index (χ3n) is 3.32. The van der Waals surface area contributed by atoms with Crippen LogP contribution in [-0.2, 0) is 0 Å². The van der Waals surface area contributed by atoms with Crippen molar-refractivity contribution >= 4 is 0 Å². The molecule has 1 aliphatic rings. The Morgan fingerprint density at radius 1 is 1.44 bits per heavy atom. The fourth-order valence-corrected chi connectivity index (χ4v) is 1.98. The molecule has 2 nitrogen and oxygen atoms in total. The van der Waals surface area contributed by atoms with Gasteiger partial charge in [-0.3, -0.25) is 0 Å². The molecule has 0 spiro atoms. The highest BCUT2D eigenvalue weighted by Crippen LogP contribution is 2.38. The van der Waals surface area contributed by atoms with E-state index in [0.717, 1.165) is 19.5 Å². The van der Waals surface area contributed by atoms with Crippen molar-refractivity contribution < 1.29 is 0 Å². The van der Waals surface area contributed by atoms with Crippen molar-refractivity contribution in [3.05, 3.63) is 23.3 Å². The average Bonchev–Trinajstić information content (AvgIpc) is 2.99. The maximum atomic E-state index is 4.03. The number of hydrogen-bond donors (Lipinski definition) is 1. The molecule has 0 radical (unpaired) electrons. The highest BCUT2D eigenvalue weighted by atomic mass is 15.1. The van der Waals surface area contributed by atoms with E-state index in [1.807, 2.05) is 7.05 Å². The van der Waals surface area contributed by atoms with Gasteiger partial charge >= 0.3 is 0 Å². The van der Waals surface area contributed by atoms with E-state index in [1.54, 1.807) is 5.57 Å². The van der Waals surface area contributed by atoms with E-state index in [-0.39, 0.29) is 0 Å². The number of nitrogens with one attached hydrogen (secondary N) is 1. The van der Waals surface area contributed by atoms with Crippen molar-refractivity contribution in [2.45, 2.75) is 32.6 Å². The third-order valence-corrected chi connectivity index (χ3v) is 3.32. The molecule has 0 saturated heterocycles. The van der Waals surface area contributed by atoms with E-state index in [4.69, 9.17) is 0 Å². The topological polar surface area (TPSA) is 15.3 Å². The zero-order valence-electron chi connectivity index (χ0n) is 11.1. The quantitative estimate of drug-likeness (QED) is 0.635. The lowest BCUT2D eigenvalue weighted by atomic mass is 10.1. The van der Waals surface area contributed by atoms with E-state index in [9.17, 15) is 0 Å². The first-order valence-electron chi connectivity index (χ1n) is 6.41. The van der Waals surface area contributed by atoms with E-state index in [0.29, 0.717) is 0 Å². The second-order valence-corrected chi connectivity index (χ2v) is 4.75. The van der Waals surface area contributed by atoms with Gasteiger partial charge in [-0.2, -0.15) is 0 Å². The molecule has 1 saturated carbocycles. The SMILES string of the molecule is C=C1C/C1=C(\CCCCN(C)CC)CNC. The van der Waals surface area contributed by atoms with Gasteiger partial charge < -0.3 is 10.2 Å². The van der Waals surface area contributed by atoms with Crippen LogP contribution in [0.4, 0.5) is 0 Å². The first-order valence-corrected chi connectivity index (χ1v) is 6.41. The first kappa shape index (κ1) is 13.5.